The first kappa shape index (κ1) is 27.4. The van der Waals surface area contributed by atoms with Crippen molar-refractivity contribution in [1.29, 1.82) is 5.41 Å². The Morgan fingerprint density at radius 3 is 2.51 bits per heavy atom. The summed E-state index contributed by atoms with van der Waals surface area (Å²) in [5.41, 5.74) is 9.65. The van der Waals surface area contributed by atoms with Gasteiger partial charge in [-0.1, -0.05) is 53.5 Å². The maximum absolute atomic E-state index is 12.5. The van der Waals surface area contributed by atoms with Gasteiger partial charge in [-0.25, -0.2) is 4.98 Å². The molecule has 3 aromatic rings. The molecule has 0 atom stereocenters. The number of nitrogens with two attached hydrogens (primary N) is 1. The molecule has 0 aliphatic carbocycles. The molecule has 1 amide bonds. The topological polar surface area (TPSA) is 107 Å². The predicted octanol–water partition coefficient (Wildman–Crippen LogP) is 5.92. The Morgan fingerprint density at radius 1 is 1.08 bits per heavy atom. The Hall–Kier alpha value is -2.65. The number of hydrogen-bond acceptors (Lipinski definition) is 5. The lowest BCUT2D eigenvalue weighted by Gasteiger charge is -2.32. The molecule has 0 spiro atoms. The van der Waals surface area contributed by atoms with Crippen LogP contribution in [0.4, 0.5) is 5.13 Å². The third-order valence-corrected chi connectivity index (χ3v) is 7.95. The normalized spacial score (nSPS) is 14.4. The second kappa shape index (κ2) is 13.2. The molecule has 1 saturated heterocycles. The van der Waals surface area contributed by atoms with Gasteiger partial charge in [0.15, 0.2) is 11.1 Å². The fourth-order valence-corrected chi connectivity index (χ4v) is 5.52. The number of halogens is 2. The number of likely N-dealkylation sites (tertiary alicyclic amines) is 1. The molecule has 1 aromatic heterocycles. The highest BCUT2D eigenvalue weighted by Crippen LogP contribution is 2.26. The summed E-state index contributed by atoms with van der Waals surface area (Å²) in [4.78, 5) is 19.3. The molecule has 0 saturated carbocycles. The van der Waals surface area contributed by atoms with Crippen LogP contribution >= 0.6 is 34.5 Å². The number of guanidine groups is 1. The van der Waals surface area contributed by atoms with Gasteiger partial charge in [-0.15, -0.1) is 11.3 Å². The summed E-state index contributed by atoms with van der Waals surface area (Å²) in [6.07, 6.45) is 5.27. The van der Waals surface area contributed by atoms with Crippen LogP contribution in [-0.4, -0.2) is 40.9 Å². The molecule has 2 heterocycles. The van der Waals surface area contributed by atoms with Gasteiger partial charge in [0, 0.05) is 43.0 Å². The van der Waals surface area contributed by atoms with E-state index < -0.39 is 0 Å². The van der Waals surface area contributed by atoms with E-state index in [1.54, 1.807) is 0 Å². The van der Waals surface area contributed by atoms with Crippen molar-refractivity contribution >= 4 is 51.5 Å². The number of unbranched alkanes of at least 4 members (excludes halogenated alkanes) is 1. The first-order valence-electron chi connectivity index (χ1n) is 12.5. The number of amides is 1. The van der Waals surface area contributed by atoms with Crippen LogP contribution in [0.1, 0.15) is 43.2 Å². The lowest BCUT2D eigenvalue weighted by atomic mass is 10.0. The largest absolute Gasteiger partial charge is 0.370 e. The summed E-state index contributed by atoms with van der Waals surface area (Å²) in [6, 6.07) is 14.4. The number of nitrogens with zero attached hydrogens (tertiary/aromatic N) is 2. The number of hydrogen-bond donors (Lipinski definition) is 4. The molecule has 4 rings (SSSR count). The van der Waals surface area contributed by atoms with E-state index in [4.69, 9.17) is 34.3 Å². The molecular weight excluding hydrogens is 527 g/mol. The number of rotatable bonds is 10. The predicted molar refractivity (Wildman–Crippen MR) is 154 cm³/mol. The van der Waals surface area contributed by atoms with Crippen LogP contribution in [0.3, 0.4) is 0 Å². The van der Waals surface area contributed by atoms with E-state index in [0.29, 0.717) is 21.6 Å². The third-order valence-electron chi connectivity index (χ3n) is 6.46. The fourth-order valence-electron chi connectivity index (χ4n) is 4.47. The van der Waals surface area contributed by atoms with Crippen LogP contribution in [0.5, 0.6) is 0 Å². The van der Waals surface area contributed by atoms with E-state index >= 15 is 0 Å². The van der Waals surface area contributed by atoms with Crippen LogP contribution in [0.2, 0.25) is 10.0 Å². The van der Waals surface area contributed by atoms with Crippen molar-refractivity contribution in [3.05, 3.63) is 69.0 Å². The summed E-state index contributed by atoms with van der Waals surface area (Å²) >= 11 is 13.6. The Bertz CT molecular complexity index is 1210. The van der Waals surface area contributed by atoms with Crippen LogP contribution in [0.15, 0.2) is 47.8 Å². The highest BCUT2D eigenvalue weighted by molar-refractivity contribution is 7.14. The average Bonchev–Trinajstić information content (AvgIpc) is 3.33. The fraction of sp³-hybridized carbons (Fsp3) is 0.370. The molecule has 0 bridgehead atoms. The van der Waals surface area contributed by atoms with Crippen LogP contribution in [0.25, 0.3) is 11.3 Å². The number of nitrogens with one attached hydrogen (secondary N) is 3. The zero-order valence-electron chi connectivity index (χ0n) is 20.6. The Labute approximate surface area is 231 Å². The molecule has 0 unspecified atom stereocenters. The number of aryl methyl sites for hydroxylation is 1. The van der Waals surface area contributed by atoms with Gasteiger partial charge in [0.05, 0.1) is 15.7 Å². The van der Waals surface area contributed by atoms with Crippen molar-refractivity contribution in [1.82, 2.24) is 15.2 Å². The van der Waals surface area contributed by atoms with Gasteiger partial charge in [0.1, 0.15) is 0 Å². The molecule has 37 heavy (non-hydrogen) atoms. The molecule has 5 N–H and O–H groups in total. The van der Waals surface area contributed by atoms with Gasteiger partial charge >= 0.3 is 0 Å². The number of carbonyl (C=O) groups is 1. The second-order valence-corrected chi connectivity index (χ2v) is 11.0. The van der Waals surface area contributed by atoms with Crippen LogP contribution in [-0.2, 0) is 17.8 Å². The molecule has 1 aliphatic rings. The van der Waals surface area contributed by atoms with Gasteiger partial charge in [0.25, 0.3) is 0 Å². The van der Waals surface area contributed by atoms with E-state index in [1.807, 2.05) is 23.6 Å². The van der Waals surface area contributed by atoms with E-state index in [9.17, 15) is 4.79 Å². The SMILES string of the molecule is N=C(N)Nc1nc(-c2ccc(CCCCC(=O)NC3CCN(Cc4ccc(Cl)c(Cl)c4)CC3)cc2)cs1. The molecule has 2 aromatic carbocycles. The second-order valence-electron chi connectivity index (χ2n) is 9.35. The summed E-state index contributed by atoms with van der Waals surface area (Å²) in [5.74, 6) is 0.0310. The zero-order valence-corrected chi connectivity index (χ0v) is 22.9. The van der Waals surface area contributed by atoms with E-state index in [1.165, 1.54) is 16.9 Å². The lowest BCUT2D eigenvalue weighted by Crippen LogP contribution is -2.44. The minimum absolute atomic E-state index is 0.119. The number of anilines is 1. The third kappa shape index (κ3) is 8.43. The molecule has 1 aliphatic heterocycles. The number of aromatic nitrogens is 1. The molecule has 7 nitrogen and oxygen atoms in total. The maximum Gasteiger partial charge on any atom is 0.220 e. The smallest absolute Gasteiger partial charge is 0.220 e. The zero-order chi connectivity index (χ0) is 26.2. The van der Waals surface area contributed by atoms with E-state index in [-0.39, 0.29) is 17.9 Å². The molecular formula is C27H32Cl2N6OS. The summed E-state index contributed by atoms with van der Waals surface area (Å²) < 4.78 is 0. The first-order valence-corrected chi connectivity index (χ1v) is 14.1. The Kier molecular flexibility index (Phi) is 9.80. The van der Waals surface area contributed by atoms with Crippen molar-refractivity contribution in [3.8, 4) is 11.3 Å². The standard InChI is InChI=1S/C27H32Cl2N6OS/c28-22-10-7-19(15-23(22)29)16-35-13-11-21(12-14-35)32-25(36)4-2-1-3-18-5-8-20(9-6-18)24-17-37-27(33-24)34-26(30)31/h5-10,15,17,21H,1-4,11-14,16H2,(H,32,36)(H4,30,31,33,34). The molecule has 0 radical (unpaired) electrons. The van der Waals surface area contributed by atoms with E-state index in [0.717, 1.165) is 68.6 Å². The van der Waals surface area contributed by atoms with Crippen molar-refractivity contribution in [2.24, 2.45) is 5.73 Å². The lowest BCUT2D eigenvalue weighted by molar-refractivity contribution is -0.122. The van der Waals surface area contributed by atoms with E-state index in [2.05, 4.69) is 44.8 Å². The van der Waals surface area contributed by atoms with Crippen molar-refractivity contribution in [3.63, 3.8) is 0 Å². The van der Waals surface area contributed by atoms with Crippen molar-refractivity contribution in [2.75, 3.05) is 18.4 Å². The highest BCUT2D eigenvalue weighted by Gasteiger charge is 2.20. The average molecular weight is 560 g/mol. The van der Waals surface area contributed by atoms with Crippen LogP contribution < -0.4 is 16.4 Å². The quantitative estimate of drug-likeness (QED) is 0.140. The molecule has 10 heteroatoms. The van der Waals surface area contributed by atoms with Crippen LogP contribution in [0, 0.1) is 5.41 Å². The maximum atomic E-state index is 12.5. The van der Waals surface area contributed by atoms with Gasteiger partial charge in [-0.05, 0) is 55.4 Å². The number of carbonyl (C=O) groups excluding carboxylic acids is 1. The molecule has 196 valence electrons. The summed E-state index contributed by atoms with van der Waals surface area (Å²) in [7, 11) is 0. The number of thiazole rings is 1. The summed E-state index contributed by atoms with van der Waals surface area (Å²) in [6.45, 7) is 2.76. The number of piperidine rings is 1. The number of benzene rings is 2. The minimum Gasteiger partial charge on any atom is -0.370 e. The van der Waals surface area contributed by atoms with Crippen molar-refractivity contribution < 1.29 is 4.79 Å². The minimum atomic E-state index is -0.119. The monoisotopic (exact) mass is 558 g/mol. The van der Waals surface area contributed by atoms with Gasteiger partial charge < -0.3 is 16.4 Å². The van der Waals surface area contributed by atoms with Gasteiger partial charge in [-0.3, -0.25) is 15.1 Å². The van der Waals surface area contributed by atoms with Crippen molar-refractivity contribution in [2.45, 2.75) is 51.1 Å². The Morgan fingerprint density at radius 2 is 1.81 bits per heavy atom. The van der Waals surface area contributed by atoms with Gasteiger partial charge in [-0.2, -0.15) is 0 Å². The first-order chi connectivity index (χ1) is 17.9. The molecule has 1 fully saturated rings. The summed E-state index contributed by atoms with van der Waals surface area (Å²) in [5, 5.41) is 17.0. The van der Waals surface area contributed by atoms with Gasteiger partial charge in [0.2, 0.25) is 5.91 Å². The highest BCUT2D eigenvalue weighted by atomic mass is 35.5. The Balaban J connectivity index is 1.11.